The van der Waals surface area contributed by atoms with Gasteiger partial charge in [-0.3, -0.25) is 0 Å². The highest BCUT2D eigenvalue weighted by atomic mass is 14.6. The molecule has 0 spiro atoms. The largest absolute Gasteiger partial charge is 0.0654 e. The molecule has 0 radical (unpaired) electrons. The van der Waals surface area contributed by atoms with Gasteiger partial charge >= 0.3 is 0 Å². The van der Waals surface area contributed by atoms with Gasteiger partial charge < -0.3 is 0 Å². The van der Waals surface area contributed by atoms with Crippen LogP contribution in [0.5, 0.6) is 0 Å². The smallest absolute Gasteiger partial charge is 0.00500 e. The minimum absolute atomic E-state index is 0.334. The van der Waals surface area contributed by atoms with Crippen molar-refractivity contribution in [1.29, 1.82) is 0 Å². The molecule has 2 atom stereocenters. The predicted molar refractivity (Wildman–Crippen MR) is 95.3 cm³/mol. The summed E-state index contributed by atoms with van der Waals surface area (Å²) in [5.74, 6) is 0. The maximum Gasteiger partial charge on any atom is 0.00500 e. The van der Waals surface area contributed by atoms with E-state index in [1.54, 1.807) is 11.1 Å². The van der Waals surface area contributed by atoms with Crippen LogP contribution < -0.4 is 0 Å². The fourth-order valence-electron chi connectivity index (χ4n) is 4.95. The summed E-state index contributed by atoms with van der Waals surface area (Å²) in [6.07, 6.45) is 7.78. The minimum Gasteiger partial charge on any atom is -0.0654 e. The van der Waals surface area contributed by atoms with Crippen molar-refractivity contribution in [2.24, 2.45) is 0 Å². The van der Waals surface area contributed by atoms with Crippen molar-refractivity contribution in [3.63, 3.8) is 0 Å². The summed E-state index contributed by atoms with van der Waals surface area (Å²) in [5, 5.41) is 0. The molecule has 1 aliphatic rings. The van der Waals surface area contributed by atoms with Crippen LogP contribution in [-0.2, 0) is 10.8 Å². The Morgan fingerprint density at radius 3 is 1.27 bits per heavy atom. The molecule has 22 heavy (non-hydrogen) atoms. The number of hydrogen-bond acceptors (Lipinski definition) is 0. The van der Waals surface area contributed by atoms with Crippen molar-refractivity contribution >= 4 is 0 Å². The van der Waals surface area contributed by atoms with Gasteiger partial charge in [-0.05, 0) is 36.8 Å². The standard InChI is InChI=1S/C22H28/c1-3-15-21(19-11-7-5-8-12-19)17-18-22(21,16-4-2)20-13-9-6-10-14-20/h5-14H,3-4,15-18H2,1-2H3. The molecule has 2 aromatic carbocycles. The molecule has 116 valence electrons. The van der Waals surface area contributed by atoms with Gasteiger partial charge in [-0.25, -0.2) is 0 Å². The molecule has 0 aromatic heterocycles. The van der Waals surface area contributed by atoms with Gasteiger partial charge in [0.2, 0.25) is 0 Å². The van der Waals surface area contributed by atoms with Gasteiger partial charge in [0, 0.05) is 10.8 Å². The molecule has 2 unspecified atom stereocenters. The van der Waals surface area contributed by atoms with Gasteiger partial charge in [-0.2, -0.15) is 0 Å². The SMILES string of the molecule is CCCC1(c2ccccc2)CCC1(CCC)c1ccccc1. The first-order valence-corrected chi connectivity index (χ1v) is 8.90. The topological polar surface area (TPSA) is 0 Å². The van der Waals surface area contributed by atoms with E-state index in [-0.39, 0.29) is 0 Å². The van der Waals surface area contributed by atoms with E-state index >= 15 is 0 Å². The summed E-state index contributed by atoms with van der Waals surface area (Å²) >= 11 is 0. The molecule has 0 N–H and O–H groups in total. The lowest BCUT2D eigenvalue weighted by atomic mass is 9.42. The van der Waals surface area contributed by atoms with Crippen molar-refractivity contribution in [1.82, 2.24) is 0 Å². The fourth-order valence-corrected chi connectivity index (χ4v) is 4.95. The molecule has 3 rings (SSSR count). The summed E-state index contributed by atoms with van der Waals surface area (Å²) in [6.45, 7) is 4.68. The Morgan fingerprint density at radius 1 is 0.636 bits per heavy atom. The van der Waals surface area contributed by atoms with Crippen molar-refractivity contribution in [3.05, 3.63) is 71.8 Å². The van der Waals surface area contributed by atoms with Crippen LogP contribution in [0.25, 0.3) is 0 Å². The van der Waals surface area contributed by atoms with E-state index in [4.69, 9.17) is 0 Å². The van der Waals surface area contributed by atoms with E-state index in [1.807, 2.05) is 0 Å². The third kappa shape index (κ3) is 2.20. The number of benzene rings is 2. The normalized spacial score (nSPS) is 27.4. The van der Waals surface area contributed by atoms with Gasteiger partial charge in [0.1, 0.15) is 0 Å². The minimum atomic E-state index is 0.334. The van der Waals surface area contributed by atoms with Crippen LogP contribution in [-0.4, -0.2) is 0 Å². The molecule has 0 heteroatoms. The molecule has 0 amide bonds. The van der Waals surface area contributed by atoms with E-state index in [0.29, 0.717) is 10.8 Å². The van der Waals surface area contributed by atoms with Crippen LogP contribution in [0.1, 0.15) is 63.5 Å². The van der Waals surface area contributed by atoms with Gasteiger partial charge in [0.05, 0.1) is 0 Å². The van der Waals surface area contributed by atoms with Crippen molar-refractivity contribution < 1.29 is 0 Å². The third-order valence-electron chi connectivity index (χ3n) is 5.90. The average molecular weight is 292 g/mol. The molecule has 2 aromatic rings. The van der Waals surface area contributed by atoms with Crippen LogP contribution in [0.15, 0.2) is 60.7 Å². The first-order valence-electron chi connectivity index (χ1n) is 8.90. The molecule has 0 heterocycles. The van der Waals surface area contributed by atoms with Crippen LogP contribution in [0.4, 0.5) is 0 Å². The van der Waals surface area contributed by atoms with Crippen molar-refractivity contribution in [2.45, 2.75) is 63.2 Å². The second-order valence-electron chi connectivity index (χ2n) is 6.90. The van der Waals surface area contributed by atoms with Crippen LogP contribution >= 0.6 is 0 Å². The van der Waals surface area contributed by atoms with E-state index in [2.05, 4.69) is 74.5 Å². The first-order chi connectivity index (χ1) is 10.8. The summed E-state index contributed by atoms with van der Waals surface area (Å²) in [4.78, 5) is 0. The summed E-state index contributed by atoms with van der Waals surface area (Å²) < 4.78 is 0. The van der Waals surface area contributed by atoms with E-state index in [9.17, 15) is 0 Å². The second kappa shape index (κ2) is 6.28. The van der Waals surface area contributed by atoms with Gasteiger partial charge in [0.25, 0.3) is 0 Å². The Hall–Kier alpha value is -1.56. The molecule has 0 saturated heterocycles. The molecular weight excluding hydrogens is 264 g/mol. The summed E-state index contributed by atoms with van der Waals surface area (Å²) in [7, 11) is 0. The Bertz CT molecular complexity index is 530. The Balaban J connectivity index is 2.13. The van der Waals surface area contributed by atoms with E-state index in [1.165, 1.54) is 38.5 Å². The van der Waals surface area contributed by atoms with Gasteiger partial charge in [-0.15, -0.1) is 0 Å². The lowest BCUT2D eigenvalue weighted by Crippen LogP contribution is -2.57. The van der Waals surface area contributed by atoms with Gasteiger partial charge in [0.15, 0.2) is 0 Å². The zero-order valence-corrected chi connectivity index (χ0v) is 14.0. The molecule has 1 fully saturated rings. The maximum absolute atomic E-state index is 2.36. The highest BCUT2D eigenvalue weighted by molar-refractivity contribution is 5.43. The lowest BCUT2D eigenvalue weighted by Gasteiger charge is -2.61. The molecular formula is C22H28. The summed E-state index contributed by atoms with van der Waals surface area (Å²) in [5.41, 5.74) is 3.78. The van der Waals surface area contributed by atoms with E-state index in [0.717, 1.165) is 0 Å². The maximum atomic E-state index is 2.36. The summed E-state index contributed by atoms with van der Waals surface area (Å²) in [6, 6.07) is 22.6. The molecule has 0 aliphatic heterocycles. The lowest BCUT2D eigenvalue weighted by molar-refractivity contribution is 0.0505. The average Bonchev–Trinajstić information content (AvgIpc) is 2.58. The second-order valence-corrected chi connectivity index (χ2v) is 6.90. The third-order valence-corrected chi connectivity index (χ3v) is 5.90. The van der Waals surface area contributed by atoms with Crippen molar-refractivity contribution in [3.8, 4) is 0 Å². The molecule has 1 aliphatic carbocycles. The number of hydrogen-bond donors (Lipinski definition) is 0. The van der Waals surface area contributed by atoms with Crippen molar-refractivity contribution in [2.75, 3.05) is 0 Å². The molecule has 1 saturated carbocycles. The first kappa shape index (κ1) is 15.3. The Kier molecular flexibility index (Phi) is 4.38. The highest BCUT2D eigenvalue weighted by Crippen LogP contribution is 2.63. The quantitative estimate of drug-likeness (QED) is 0.589. The zero-order chi connectivity index (χ0) is 15.5. The molecule has 0 nitrogen and oxygen atoms in total. The fraction of sp³-hybridized carbons (Fsp3) is 0.455. The number of rotatable bonds is 6. The highest BCUT2D eigenvalue weighted by Gasteiger charge is 2.58. The van der Waals surface area contributed by atoms with Gasteiger partial charge in [-0.1, -0.05) is 87.4 Å². The van der Waals surface area contributed by atoms with Crippen LogP contribution in [0, 0.1) is 0 Å². The Morgan fingerprint density at radius 2 is 1.00 bits per heavy atom. The zero-order valence-electron chi connectivity index (χ0n) is 14.0. The van der Waals surface area contributed by atoms with Crippen LogP contribution in [0.3, 0.4) is 0 Å². The monoisotopic (exact) mass is 292 g/mol. The Labute approximate surface area is 135 Å². The van der Waals surface area contributed by atoms with Crippen LogP contribution in [0.2, 0.25) is 0 Å². The predicted octanol–water partition coefficient (Wildman–Crippen LogP) is 6.26. The van der Waals surface area contributed by atoms with E-state index < -0.39 is 0 Å². The molecule has 0 bridgehead atoms.